The number of nitrogens with zero attached hydrogens (tertiary/aromatic N) is 4. The molecule has 3 aromatic rings. The molecule has 0 aliphatic carbocycles. The molecule has 8 nitrogen and oxygen atoms in total. The van der Waals surface area contributed by atoms with Crippen LogP contribution < -0.4 is 15.5 Å². The lowest BCUT2D eigenvalue weighted by Gasteiger charge is -2.29. The van der Waals surface area contributed by atoms with E-state index in [1.165, 1.54) is 6.20 Å². The van der Waals surface area contributed by atoms with Crippen LogP contribution in [0.15, 0.2) is 48.7 Å². The summed E-state index contributed by atoms with van der Waals surface area (Å²) >= 11 is 0. The first-order chi connectivity index (χ1) is 14.5. The van der Waals surface area contributed by atoms with Gasteiger partial charge in [0, 0.05) is 18.4 Å². The summed E-state index contributed by atoms with van der Waals surface area (Å²) in [5.41, 5.74) is 4.04. The molecule has 30 heavy (non-hydrogen) atoms. The predicted octanol–water partition coefficient (Wildman–Crippen LogP) is 2.28. The molecule has 0 saturated carbocycles. The van der Waals surface area contributed by atoms with E-state index in [2.05, 4.69) is 20.7 Å². The van der Waals surface area contributed by atoms with Gasteiger partial charge in [0.2, 0.25) is 5.91 Å². The van der Waals surface area contributed by atoms with Crippen LogP contribution in [-0.2, 0) is 17.9 Å². The number of amides is 2. The topological polar surface area (TPSA) is 92.2 Å². The average molecular weight is 404 g/mol. The summed E-state index contributed by atoms with van der Waals surface area (Å²) in [6, 6.07) is 13.5. The second kappa shape index (κ2) is 8.36. The summed E-state index contributed by atoms with van der Waals surface area (Å²) in [6.45, 7) is 5.57. The largest absolute Gasteiger partial charge is 0.359 e. The van der Waals surface area contributed by atoms with Gasteiger partial charge in [-0.2, -0.15) is 5.10 Å². The summed E-state index contributed by atoms with van der Waals surface area (Å²) in [5, 5.41) is 10.3. The highest BCUT2D eigenvalue weighted by Gasteiger charge is 2.26. The molecule has 0 atom stereocenters. The highest BCUT2D eigenvalue weighted by molar-refractivity contribution is 6.04. The van der Waals surface area contributed by atoms with Gasteiger partial charge in [0.05, 0.1) is 36.6 Å². The number of aromatic nitrogens is 3. The van der Waals surface area contributed by atoms with Crippen LogP contribution in [-0.4, -0.2) is 39.7 Å². The zero-order valence-corrected chi connectivity index (χ0v) is 17.1. The van der Waals surface area contributed by atoms with E-state index < -0.39 is 0 Å². The molecule has 0 spiro atoms. The molecule has 2 aromatic heterocycles. The van der Waals surface area contributed by atoms with Crippen LogP contribution >= 0.6 is 0 Å². The number of carbonyl (C=O) groups excluding carboxylic acids is 2. The molecule has 1 aliphatic heterocycles. The van der Waals surface area contributed by atoms with Gasteiger partial charge < -0.3 is 15.5 Å². The number of aryl methyl sites for hydroxylation is 2. The molecular formula is C22H24N6O2. The predicted molar refractivity (Wildman–Crippen MR) is 114 cm³/mol. The Kier molecular flexibility index (Phi) is 5.47. The van der Waals surface area contributed by atoms with Crippen LogP contribution in [0.25, 0.3) is 0 Å². The van der Waals surface area contributed by atoms with Crippen molar-refractivity contribution in [3.63, 3.8) is 0 Å². The lowest BCUT2D eigenvalue weighted by atomic mass is 10.1. The number of rotatable bonds is 6. The summed E-state index contributed by atoms with van der Waals surface area (Å²) in [5.74, 6) is 0.310. The van der Waals surface area contributed by atoms with Gasteiger partial charge in [-0.25, -0.2) is 4.98 Å². The smallest absolute Gasteiger partial charge is 0.252 e. The molecule has 1 aliphatic rings. The number of pyridine rings is 1. The number of anilines is 2. The first-order valence-electron chi connectivity index (χ1n) is 9.89. The van der Waals surface area contributed by atoms with E-state index in [9.17, 15) is 9.59 Å². The third-order valence-corrected chi connectivity index (χ3v) is 5.02. The van der Waals surface area contributed by atoms with Crippen molar-refractivity contribution in [3.05, 3.63) is 71.2 Å². The Morgan fingerprint density at radius 2 is 2.00 bits per heavy atom. The van der Waals surface area contributed by atoms with Crippen molar-refractivity contribution in [2.75, 3.05) is 23.3 Å². The number of hydrogen-bond acceptors (Lipinski definition) is 5. The van der Waals surface area contributed by atoms with Crippen molar-refractivity contribution in [2.24, 2.45) is 0 Å². The maximum Gasteiger partial charge on any atom is 0.252 e. The van der Waals surface area contributed by atoms with Crippen molar-refractivity contribution < 1.29 is 9.59 Å². The summed E-state index contributed by atoms with van der Waals surface area (Å²) in [7, 11) is 0. The summed E-state index contributed by atoms with van der Waals surface area (Å²) in [4.78, 5) is 31.2. The van der Waals surface area contributed by atoms with Crippen molar-refractivity contribution in [2.45, 2.75) is 26.9 Å². The number of carbonyl (C=O) groups is 2. The van der Waals surface area contributed by atoms with Crippen LogP contribution in [0.2, 0.25) is 0 Å². The summed E-state index contributed by atoms with van der Waals surface area (Å²) in [6.07, 6.45) is 1.53. The van der Waals surface area contributed by atoms with E-state index in [0.717, 1.165) is 17.0 Å². The molecule has 0 fully saturated rings. The van der Waals surface area contributed by atoms with E-state index in [-0.39, 0.29) is 18.4 Å². The van der Waals surface area contributed by atoms with E-state index in [4.69, 9.17) is 0 Å². The first kappa shape index (κ1) is 19.6. The fourth-order valence-electron chi connectivity index (χ4n) is 3.53. The molecule has 3 heterocycles. The quantitative estimate of drug-likeness (QED) is 0.658. The fraction of sp³-hybridized carbons (Fsp3) is 0.273. The highest BCUT2D eigenvalue weighted by atomic mass is 16.2. The Morgan fingerprint density at radius 1 is 1.20 bits per heavy atom. The maximum absolute atomic E-state index is 12.7. The minimum Gasteiger partial charge on any atom is -0.359 e. The van der Waals surface area contributed by atoms with Crippen molar-refractivity contribution in [3.8, 4) is 0 Å². The number of fused-ring (bicyclic) bond motifs is 1. The first-order valence-corrected chi connectivity index (χ1v) is 9.89. The van der Waals surface area contributed by atoms with Crippen LogP contribution in [0.5, 0.6) is 0 Å². The van der Waals surface area contributed by atoms with E-state index in [1.807, 2.05) is 54.9 Å². The molecule has 154 valence electrons. The van der Waals surface area contributed by atoms with Gasteiger partial charge in [-0.3, -0.25) is 14.3 Å². The van der Waals surface area contributed by atoms with Gasteiger partial charge in [0.15, 0.2) is 5.82 Å². The molecule has 0 saturated heterocycles. The molecule has 8 heteroatoms. The minimum atomic E-state index is -0.232. The van der Waals surface area contributed by atoms with Gasteiger partial charge in [-0.1, -0.05) is 30.3 Å². The second-order valence-electron chi connectivity index (χ2n) is 7.32. The Hall–Kier alpha value is -3.68. The maximum atomic E-state index is 12.7. The third kappa shape index (κ3) is 4.17. The zero-order chi connectivity index (χ0) is 21.1. The Bertz CT molecular complexity index is 1080. The second-order valence-corrected chi connectivity index (χ2v) is 7.32. The van der Waals surface area contributed by atoms with E-state index in [0.29, 0.717) is 36.7 Å². The van der Waals surface area contributed by atoms with Crippen LogP contribution in [0.4, 0.5) is 11.5 Å². The zero-order valence-electron chi connectivity index (χ0n) is 17.1. The van der Waals surface area contributed by atoms with Gasteiger partial charge in [-0.15, -0.1) is 0 Å². The summed E-state index contributed by atoms with van der Waals surface area (Å²) < 4.78 is 1.87. The van der Waals surface area contributed by atoms with E-state index >= 15 is 0 Å². The van der Waals surface area contributed by atoms with Crippen molar-refractivity contribution >= 4 is 23.3 Å². The molecule has 2 amide bonds. The van der Waals surface area contributed by atoms with Gasteiger partial charge in [0.25, 0.3) is 5.91 Å². The monoisotopic (exact) mass is 404 g/mol. The van der Waals surface area contributed by atoms with Gasteiger partial charge >= 0.3 is 0 Å². The average Bonchev–Trinajstić information content (AvgIpc) is 3.07. The van der Waals surface area contributed by atoms with Crippen molar-refractivity contribution in [1.82, 2.24) is 20.1 Å². The van der Waals surface area contributed by atoms with Gasteiger partial charge in [-0.05, 0) is 31.5 Å². The Balaban J connectivity index is 1.48. The Morgan fingerprint density at radius 3 is 2.73 bits per heavy atom. The minimum absolute atomic E-state index is 0.0600. The van der Waals surface area contributed by atoms with Crippen LogP contribution in [0.3, 0.4) is 0 Å². The highest BCUT2D eigenvalue weighted by Crippen LogP contribution is 2.29. The SMILES string of the molecule is Cc1cc(C)n(CCNC(=O)c2cnc3c(c2)N(Cc2ccccc2)C(=O)CN3)n1. The molecule has 0 unspecified atom stereocenters. The van der Waals surface area contributed by atoms with Crippen LogP contribution in [0.1, 0.15) is 27.3 Å². The Labute approximate surface area is 174 Å². The number of hydrogen-bond donors (Lipinski definition) is 2. The van der Waals surface area contributed by atoms with Gasteiger partial charge in [0.1, 0.15) is 0 Å². The third-order valence-electron chi connectivity index (χ3n) is 5.02. The number of benzene rings is 1. The lowest BCUT2D eigenvalue weighted by Crippen LogP contribution is -2.40. The molecule has 0 radical (unpaired) electrons. The molecule has 2 N–H and O–H groups in total. The molecule has 4 rings (SSSR count). The molecular weight excluding hydrogens is 380 g/mol. The van der Waals surface area contributed by atoms with Crippen LogP contribution in [0, 0.1) is 13.8 Å². The standard InChI is InChI=1S/C22H24N6O2/c1-15-10-16(2)28(26-15)9-8-23-22(30)18-11-19-21(24-12-18)25-13-20(29)27(19)14-17-6-4-3-5-7-17/h3-7,10-12H,8-9,13-14H2,1-2H3,(H,23,30)(H,24,25). The fourth-order valence-corrected chi connectivity index (χ4v) is 3.53. The molecule has 0 bridgehead atoms. The van der Waals surface area contributed by atoms with Crippen molar-refractivity contribution in [1.29, 1.82) is 0 Å². The lowest BCUT2D eigenvalue weighted by molar-refractivity contribution is -0.117. The van der Waals surface area contributed by atoms with E-state index in [1.54, 1.807) is 11.0 Å². The normalized spacial score (nSPS) is 13.0. The molecule has 1 aromatic carbocycles. The number of nitrogens with one attached hydrogen (secondary N) is 2.